The van der Waals surface area contributed by atoms with E-state index in [1.165, 1.54) is 0 Å². The first-order valence-electron chi connectivity index (χ1n) is 5.93. The van der Waals surface area contributed by atoms with Crippen LogP contribution < -0.4 is 10.5 Å². The van der Waals surface area contributed by atoms with Crippen molar-refractivity contribution in [2.45, 2.75) is 19.4 Å². The minimum atomic E-state index is 0.0353. The highest BCUT2D eigenvalue weighted by atomic mass is 16.5. The van der Waals surface area contributed by atoms with E-state index in [0.717, 1.165) is 0 Å². The first-order chi connectivity index (χ1) is 9.13. The molecule has 1 heterocycles. The summed E-state index contributed by atoms with van der Waals surface area (Å²) in [7, 11) is 3.24. The first kappa shape index (κ1) is 13.4. The zero-order chi connectivity index (χ0) is 13.8. The van der Waals surface area contributed by atoms with Crippen LogP contribution >= 0.6 is 0 Å². The Kier molecular flexibility index (Phi) is 4.01. The van der Waals surface area contributed by atoms with Gasteiger partial charge in [0.2, 0.25) is 0 Å². The van der Waals surface area contributed by atoms with Gasteiger partial charge in [0.15, 0.2) is 5.82 Å². The van der Waals surface area contributed by atoms with Gasteiger partial charge >= 0.3 is 0 Å². The van der Waals surface area contributed by atoms with Crippen LogP contribution in [0.2, 0.25) is 0 Å². The third kappa shape index (κ3) is 3.03. The quantitative estimate of drug-likeness (QED) is 0.829. The molecule has 0 fully saturated rings. The maximum absolute atomic E-state index is 5.90. The van der Waals surface area contributed by atoms with Gasteiger partial charge in [0.05, 0.1) is 18.8 Å². The molecule has 0 aliphatic rings. The molecule has 1 unspecified atom stereocenters. The maximum Gasteiger partial charge on any atom is 0.260 e. The van der Waals surface area contributed by atoms with Crippen LogP contribution in [0.1, 0.15) is 12.7 Å². The number of nitrogens with zero attached hydrogens (tertiary/aromatic N) is 2. The maximum atomic E-state index is 5.90. The number of ether oxygens (including phenoxy) is 2. The Morgan fingerprint density at radius 2 is 2.16 bits per heavy atom. The van der Waals surface area contributed by atoms with Crippen LogP contribution in [-0.2, 0) is 11.2 Å². The molecule has 6 heteroatoms. The number of hydrogen-bond acceptors (Lipinski definition) is 6. The Balaban J connectivity index is 2.27. The van der Waals surface area contributed by atoms with Gasteiger partial charge in [-0.1, -0.05) is 5.16 Å². The van der Waals surface area contributed by atoms with Crippen LogP contribution in [0.3, 0.4) is 0 Å². The number of methoxy groups -OCH3 is 2. The summed E-state index contributed by atoms with van der Waals surface area (Å²) in [5.41, 5.74) is 7.14. The second-order valence-corrected chi connectivity index (χ2v) is 4.22. The van der Waals surface area contributed by atoms with Gasteiger partial charge in [-0.15, -0.1) is 0 Å². The third-order valence-electron chi connectivity index (χ3n) is 2.83. The molecular weight excluding hydrogens is 246 g/mol. The van der Waals surface area contributed by atoms with Crippen LogP contribution in [0.4, 0.5) is 5.69 Å². The summed E-state index contributed by atoms with van der Waals surface area (Å²) in [6.07, 6.45) is 0.622. The Morgan fingerprint density at radius 1 is 1.37 bits per heavy atom. The van der Waals surface area contributed by atoms with Crippen LogP contribution in [-0.4, -0.2) is 30.5 Å². The fourth-order valence-electron chi connectivity index (χ4n) is 1.63. The molecule has 19 heavy (non-hydrogen) atoms. The van der Waals surface area contributed by atoms with Gasteiger partial charge in [-0.3, -0.25) is 0 Å². The lowest BCUT2D eigenvalue weighted by atomic mass is 10.1. The summed E-state index contributed by atoms with van der Waals surface area (Å²) in [6, 6.07) is 5.30. The van der Waals surface area contributed by atoms with Crippen molar-refractivity contribution in [1.29, 1.82) is 0 Å². The van der Waals surface area contributed by atoms with Crippen LogP contribution in [0.5, 0.6) is 5.75 Å². The Bertz CT molecular complexity index is 554. The first-order valence-corrected chi connectivity index (χ1v) is 5.93. The molecule has 2 rings (SSSR count). The molecule has 1 aromatic carbocycles. The molecule has 0 aliphatic heterocycles. The molecule has 0 spiro atoms. The monoisotopic (exact) mass is 263 g/mol. The highest BCUT2D eigenvalue weighted by Crippen LogP contribution is 2.28. The van der Waals surface area contributed by atoms with Crippen molar-refractivity contribution in [2.75, 3.05) is 20.0 Å². The number of rotatable bonds is 5. The number of nitrogens with two attached hydrogens (primary N) is 1. The van der Waals surface area contributed by atoms with E-state index in [2.05, 4.69) is 10.1 Å². The van der Waals surface area contributed by atoms with Crippen molar-refractivity contribution >= 4 is 5.69 Å². The summed E-state index contributed by atoms with van der Waals surface area (Å²) < 4.78 is 15.5. The van der Waals surface area contributed by atoms with Crippen molar-refractivity contribution < 1.29 is 14.0 Å². The Hall–Kier alpha value is -2.08. The van der Waals surface area contributed by atoms with E-state index in [9.17, 15) is 0 Å². The van der Waals surface area contributed by atoms with Gasteiger partial charge in [0, 0.05) is 19.2 Å². The van der Waals surface area contributed by atoms with Gasteiger partial charge in [-0.25, -0.2) is 0 Å². The van der Waals surface area contributed by atoms with Crippen molar-refractivity contribution in [3.05, 3.63) is 24.0 Å². The number of hydrogen-bond donors (Lipinski definition) is 1. The van der Waals surface area contributed by atoms with Gasteiger partial charge in [0.1, 0.15) is 5.75 Å². The number of benzene rings is 1. The lowest BCUT2D eigenvalue weighted by Gasteiger charge is -2.04. The molecule has 0 amide bonds. The molecule has 102 valence electrons. The van der Waals surface area contributed by atoms with E-state index >= 15 is 0 Å². The predicted molar refractivity (Wildman–Crippen MR) is 70.9 cm³/mol. The molecule has 1 atom stereocenters. The fourth-order valence-corrected chi connectivity index (χ4v) is 1.63. The highest BCUT2D eigenvalue weighted by Gasteiger charge is 2.14. The van der Waals surface area contributed by atoms with Gasteiger partial charge in [0.25, 0.3) is 5.89 Å². The molecule has 0 saturated heterocycles. The van der Waals surface area contributed by atoms with E-state index in [4.69, 9.17) is 19.7 Å². The minimum Gasteiger partial charge on any atom is -0.497 e. The van der Waals surface area contributed by atoms with Crippen molar-refractivity contribution in [3.63, 3.8) is 0 Å². The molecular formula is C13H17N3O3. The van der Waals surface area contributed by atoms with Crippen LogP contribution in [0, 0.1) is 0 Å². The second kappa shape index (κ2) is 5.71. The van der Waals surface area contributed by atoms with E-state index in [1.54, 1.807) is 32.4 Å². The molecule has 0 aliphatic carbocycles. The van der Waals surface area contributed by atoms with Crippen LogP contribution in [0.25, 0.3) is 11.5 Å². The number of nitrogen functional groups attached to an aromatic ring is 1. The average Bonchev–Trinajstić information content (AvgIpc) is 2.87. The molecule has 2 N–H and O–H groups in total. The highest BCUT2D eigenvalue weighted by molar-refractivity contribution is 5.72. The standard InChI is InChI=1S/C13H17N3O3/c1-8(17-2)6-12-15-13(19-16-12)10-7-9(18-3)4-5-11(10)14/h4-5,7-8H,6,14H2,1-3H3. The largest absolute Gasteiger partial charge is 0.497 e. The number of aromatic nitrogens is 2. The normalized spacial score (nSPS) is 12.4. The zero-order valence-corrected chi connectivity index (χ0v) is 11.2. The molecule has 6 nitrogen and oxygen atoms in total. The van der Waals surface area contributed by atoms with Crippen molar-refractivity contribution in [3.8, 4) is 17.2 Å². The molecule has 0 bridgehead atoms. The van der Waals surface area contributed by atoms with E-state index in [0.29, 0.717) is 35.1 Å². The molecule has 2 aromatic rings. The second-order valence-electron chi connectivity index (χ2n) is 4.22. The molecule has 1 aromatic heterocycles. The third-order valence-corrected chi connectivity index (χ3v) is 2.83. The average molecular weight is 263 g/mol. The SMILES string of the molecule is COc1ccc(N)c(-c2nc(CC(C)OC)no2)c1. The minimum absolute atomic E-state index is 0.0353. The van der Waals surface area contributed by atoms with Crippen molar-refractivity contribution in [2.24, 2.45) is 0 Å². The fraction of sp³-hybridized carbons (Fsp3) is 0.385. The predicted octanol–water partition coefficient (Wildman–Crippen LogP) is 1.90. The summed E-state index contributed by atoms with van der Waals surface area (Å²) in [4.78, 5) is 4.31. The Morgan fingerprint density at radius 3 is 2.84 bits per heavy atom. The topological polar surface area (TPSA) is 83.4 Å². The Labute approximate surface area is 111 Å². The summed E-state index contributed by atoms with van der Waals surface area (Å²) in [6.45, 7) is 1.94. The van der Waals surface area contributed by atoms with E-state index < -0.39 is 0 Å². The zero-order valence-electron chi connectivity index (χ0n) is 11.2. The van der Waals surface area contributed by atoms with E-state index in [-0.39, 0.29) is 6.10 Å². The lowest BCUT2D eigenvalue weighted by molar-refractivity contribution is 0.116. The summed E-state index contributed by atoms with van der Waals surface area (Å²) in [5.74, 6) is 1.66. The summed E-state index contributed by atoms with van der Waals surface area (Å²) >= 11 is 0. The lowest BCUT2D eigenvalue weighted by Crippen LogP contribution is -2.09. The van der Waals surface area contributed by atoms with Gasteiger partial charge in [-0.05, 0) is 25.1 Å². The van der Waals surface area contributed by atoms with Gasteiger partial charge in [-0.2, -0.15) is 4.98 Å². The van der Waals surface area contributed by atoms with E-state index in [1.807, 2.05) is 6.92 Å². The van der Waals surface area contributed by atoms with Gasteiger partial charge < -0.3 is 19.7 Å². The van der Waals surface area contributed by atoms with Crippen LogP contribution in [0.15, 0.2) is 22.7 Å². The van der Waals surface area contributed by atoms with Crippen molar-refractivity contribution in [1.82, 2.24) is 10.1 Å². The number of anilines is 1. The summed E-state index contributed by atoms with van der Waals surface area (Å²) in [5, 5.41) is 3.91. The molecule has 0 saturated carbocycles. The smallest absolute Gasteiger partial charge is 0.260 e. The molecule has 0 radical (unpaired) electrons.